The van der Waals surface area contributed by atoms with Crippen LogP contribution in [0.3, 0.4) is 0 Å². The summed E-state index contributed by atoms with van der Waals surface area (Å²) in [5, 5.41) is 0. The minimum atomic E-state index is -0.106. The molecule has 2 amide bonds. The highest BCUT2D eigenvalue weighted by molar-refractivity contribution is 5.81. The minimum absolute atomic E-state index is 0.0295. The Morgan fingerprint density at radius 1 is 1.31 bits per heavy atom. The third-order valence-corrected chi connectivity index (χ3v) is 6.23. The molecule has 3 fully saturated rings. The van der Waals surface area contributed by atoms with Gasteiger partial charge in [-0.05, 0) is 44.7 Å². The molecule has 0 radical (unpaired) electrons. The van der Waals surface area contributed by atoms with E-state index in [-0.39, 0.29) is 23.3 Å². The van der Waals surface area contributed by atoms with Crippen molar-refractivity contribution < 1.29 is 14.3 Å². The number of nitrogens with zero attached hydrogens (tertiary/aromatic N) is 3. The first-order valence-electron chi connectivity index (χ1n) is 9.67. The number of carbonyl (C=O) groups is 2. The Balaban J connectivity index is 1.44. The highest BCUT2D eigenvalue weighted by Gasteiger charge is 2.47. The summed E-state index contributed by atoms with van der Waals surface area (Å²) < 4.78 is 5.36. The highest BCUT2D eigenvalue weighted by Crippen LogP contribution is 2.40. The number of carbonyl (C=O) groups excluding carboxylic acids is 2. The monoisotopic (exact) mass is 357 g/mol. The van der Waals surface area contributed by atoms with Crippen LogP contribution in [0.5, 0.6) is 0 Å². The van der Waals surface area contributed by atoms with Gasteiger partial charge >= 0.3 is 0 Å². The summed E-state index contributed by atoms with van der Waals surface area (Å²) in [6.45, 7) is 5.28. The van der Waals surface area contributed by atoms with E-state index in [0.717, 1.165) is 50.2 Å². The van der Waals surface area contributed by atoms with Crippen molar-refractivity contribution in [3.63, 3.8) is 0 Å². The maximum Gasteiger partial charge on any atom is 0.228 e. The van der Waals surface area contributed by atoms with E-state index in [1.807, 2.05) is 34.9 Å². The van der Waals surface area contributed by atoms with Crippen molar-refractivity contribution in [3.05, 3.63) is 29.6 Å². The molecule has 3 aliphatic heterocycles. The fraction of sp³-hybridized carbons (Fsp3) is 0.650. The van der Waals surface area contributed by atoms with E-state index in [1.54, 1.807) is 0 Å². The molecule has 0 bridgehead atoms. The molecule has 0 unspecified atom stereocenters. The van der Waals surface area contributed by atoms with Crippen LogP contribution in [0, 0.1) is 12.8 Å². The Hall–Kier alpha value is -1.95. The van der Waals surface area contributed by atoms with Crippen LogP contribution in [-0.4, -0.2) is 58.4 Å². The van der Waals surface area contributed by atoms with Crippen LogP contribution in [0.1, 0.15) is 43.5 Å². The van der Waals surface area contributed by atoms with Gasteiger partial charge in [-0.15, -0.1) is 0 Å². The van der Waals surface area contributed by atoms with Gasteiger partial charge in [0.15, 0.2) is 0 Å². The second-order valence-corrected chi connectivity index (χ2v) is 7.86. The van der Waals surface area contributed by atoms with E-state index in [2.05, 4.69) is 4.98 Å². The predicted octanol–water partition coefficient (Wildman–Crippen LogP) is 1.91. The molecule has 1 aromatic heterocycles. The van der Waals surface area contributed by atoms with Crippen molar-refractivity contribution in [1.82, 2.24) is 14.8 Å². The van der Waals surface area contributed by atoms with Crippen molar-refractivity contribution in [2.45, 2.75) is 51.1 Å². The summed E-state index contributed by atoms with van der Waals surface area (Å²) in [5.41, 5.74) is 1.81. The predicted molar refractivity (Wildman–Crippen MR) is 96.2 cm³/mol. The second-order valence-electron chi connectivity index (χ2n) is 7.86. The molecular weight excluding hydrogens is 330 g/mol. The zero-order valence-electron chi connectivity index (χ0n) is 15.4. The molecular formula is C20H27N3O3. The van der Waals surface area contributed by atoms with Gasteiger partial charge in [-0.3, -0.25) is 14.6 Å². The SMILES string of the molecule is Cc1cccc(CN2C(=O)CCC23CCN(C(=O)[C@@H]2CCOC2)CC3)n1. The number of hydrogen-bond acceptors (Lipinski definition) is 4. The number of hydrogen-bond donors (Lipinski definition) is 0. The number of aromatic nitrogens is 1. The van der Waals surface area contributed by atoms with E-state index >= 15 is 0 Å². The first kappa shape index (κ1) is 17.5. The summed E-state index contributed by atoms with van der Waals surface area (Å²) in [6, 6.07) is 5.96. The minimum Gasteiger partial charge on any atom is -0.381 e. The topological polar surface area (TPSA) is 62.7 Å². The Morgan fingerprint density at radius 2 is 2.12 bits per heavy atom. The van der Waals surface area contributed by atoms with E-state index in [1.165, 1.54) is 0 Å². The third-order valence-electron chi connectivity index (χ3n) is 6.23. The number of rotatable bonds is 3. The summed E-state index contributed by atoms with van der Waals surface area (Å²) in [7, 11) is 0. The average molecular weight is 357 g/mol. The van der Waals surface area contributed by atoms with Gasteiger partial charge in [0.05, 0.1) is 24.8 Å². The van der Waals surface area contributed by atoms with Crippen molar-refractivity contribution in [2.24, 2.45) is 5.92 Å². The lowest BCUT2D eigenvalue weighted by Crippen LogP contribution is -2.54. The molecule has 3 aliphatic rings. The zero-order valence-corrected chi connectivity index (χ0v) is 15.4. The first-order chi connectivity index (χ1) is 12.6. The molecule has 1 atom stereocenters. The summed E-state index contributed by atoms with van der Waals surface area (Å²) in [5.74, 6) is 0.479. The van der Waals surface area contributed by atoms with Crippen molar-refractivity contribution in [2.75, 3.05) is 26.3 Å². The Bertz CT molecular complexity index is 691. The van der Waals surface area contributed by atoms with Gasteiger partial charge in [-0.2, -0.15) is 0 Å². The standard InChI is InChI=1S/C20H27N3O3/c1-15-3-2-4-17(21-15)13-23-18(24)5-7-20(23)8-10-22(11-9-20)19(25)16-6-12-26-14-16/h2-4,16H,5-14H2,1H3/t16-/m1/s1. The van der Waals surface area contributed by atoms with Crippen LogP contribution < -0.4 is 0 Å². The molecule has 140 valence electrons. The van der Waals surface area contributed by atoms with Gasteiger partial charge in [-0.25, -0.2) is 0 Å². The number of amides is 2. The van der Waals surface area contributed by atoms with Crippen molar-refractivity contribution in [1.29, 1.82) is 0 Å². The molecule has 0 saturated carbocycles. The molecule has 26 heavy (non-hydrogen) atoms. The molecule has 6 heteroatoms. The summed E-state index contributed by atoms with van der Waals surface area (Å²) >= 11 is 0. The third kappa shape index (κ3) is 3.22. The van der Waals surface area contributed by atoms with Gasteiger partial charge < -0.3 is 14.5 Å². The normalized spacial score (nSPS) is 25.3. The zero-order chi connectivity index (χ0) is 18.1. The molecule has 4 rings (SSSR count). The number of aryl methyl sites for hydroxylation is 1. The van der Waals surface area contributed by atoms with E-state index in [0.29, 0.717) is 26.2 Å². The van der Waals surface area contributed by atoms with Crippen molar-refractivity contribution >= 4 is 11.8 Å². The number of piperidine rings is 1. The van der Waals surface area contributed by atoms with Crippen molar-refractivity contribution in [3.8, 4) is 0 Å². The fourth-order valence-corrected chi connectivity index (χ4v) is 4.63. The Morgan fingerprint density at radius 3 is 2.81 bits per heavy atom. The van der Waals surface area contributed by atoms with Crippen LogP contribution in [0.25, 0.3) is 0 Å². The van der Waals surface area contributed by atoms with Crippen LogP contribution in [0.15, 0.2) is 18.2 Å². The molecule has 4 heterocycles. The summed E-state index contributed by atoms with van der Waals surface area (Å²) in [4.78, 5) is 33.8. The maximum atomic E-state index is 12.6. The summed E-state index contributed by atoms with van der Waals surface area (Å²) in [6.07, 6.45) is 4.07. The molecule has 3 saturated heterocycles. The molecule has 1 spiro atoms. The van der Waals surface area contributed by atoms with E-state index in [4.69, 9.17) is 4.74 Å². The molecule has 0 aromatic carbocycles. The lowest BCUT2D eigenvalue weighted by atomic mass is 9.84. The first-order valence-corrected chi connectivity index (χ1v) is 9.67. The smallest absolute Gasteiger partial charge is 0.228 e. The van der Waals surface area contributed by atoms with Crippen LogP contribution in [-0.2, 0) is 20.9 Å². The maximum absolute atomic E-state index is 12.6. The van der Waals surface area contributed by atoms with Gasteiger partial charge in [0.25, 0.3) is 0 Å². The largest absolute Gasteiger partial charge is 0.381 e. The van der Waals surface area contributed by atoms with Gasteiger partial charge in [-0.1, -0.05) is 6.07 Å². The average Bonchev–Trinajstić information content (AvgIpc) is 3.27. The quantitative estimate of drug-likeness (QED) is 0.829. The van der Waals surface area contributed by atoms with Gasteiger partial charge in [0.2, 0.25) is 11.8 Å². The fourth-order valence-electron chi connectivity index (χ4n) is 4.63. The highest BCUT2D eigenvalue weighted by atomic mass is 16.5. The van der Waals surface area contributed by atoms with Crippen LogP contribution in [0.2, 0.25) is 0 Å². The Kier molecular flexibility index (Phi) is 4.69. The van der Waals surface area contributed by atoms with E-state index < -0.39 is 0 Å². The second kappa shape index (κ2) is 6.99. The number of ether oxygens (including phenoxy) is 1. The lowest BCUT2D eigenvalue weighted by Gasteiger charge is -2.45. The number of likely N-dealkylation sites (tertiary alicyclic amines) is 2. The molecule has 1 aromatic rings. The molecule has 0 N–H and O–H groups in total. The number of pyridine rings is 1. The molecule has 0 aliphatic carbocycles. The van der Waals surface area contributed by atoms with Gasteiger partial charge in [0, 0.05) is 37.4 Å². The lowest BCUT2D eigenvalue weighted by molar-refractivity contribution is -0.140. The Labute approximate surface area is 154 Å². The van der Waals surface area contributed by atoms with Crippen LogP contribution in [0.4, 0.5) is 0 Å². The molecule has 6 nitrogen and oxygen atoms in total. The van der Waals surface area contributed by atoms with Crippen LogP contribution >= 0.6 is 0 Å². The van der Waals surface area contributed by atoms with E-state index in [9.17, 15) is 9.59 Å². The van der Waals surface area contributed by atoms with Gasteiger partial charge in [0.1, 0.15) is 0 Å².